The van der Waals surface area contributed by atoms with E-state index < -0.39 is 0 Å². The van der Waals surface area contributed by atoms with E-state index >= 15 is 0 Å². The fourth-order valence-corrected chi connectivity index (χ4v) is 3.97. The van der Waals surface area contributed by atoms with Crippen LogP contribution in [0.15, 0.2) is 12.7 Å². The topological polar surface area (TPSA) is 12.0 Å². The third-order valence-corrected chi connectivity index (χ3v) is 5.04. The quantitative estimate of drug-likeness (QED) is 0.674. The zero-order valence-electron chi connectivity index (χ0n) is 10.3. The molecule has 4 unspecified atom stereocenters. The molecular weight excluding hydrogens is 194 g/mol. The van der Waals surface area contributed by atoms with Crippen molar-refractivity contribution in [2.24, 2.45) is 17.8 Å². The second-order valence-electron chi connectivity index (χ2n) is 6.26. The zero-order valence-corrected chi connectivity index (χ0v) is 10.3. The summed E-state index contributed by atoms with van der Waals surface area (Å²) in [4.78, 5) is 0. The summed E-state index contributed by atoms with van der Waals surface area (Å²) in [5.41, 5.74) is 0. The summed E-state index contributed by atoms with van der Waals surface area (Å²) in [5.74, 6) is 3.09. The highest BCUT2D eigenvalue weighted by molar-refractivity contribution is 4.98. The van der Waals surface area contributed by atoms with Crippen LogP contribution in [-0.2, 0) is 0 Å². The van der Waals surface area contributed by atoms with Gasteiger partial charge < -0.3 is 5.32 Å². The van der Waals surface area contributed by atoms with E-state index in [-0.39, 0.29) is 0 Å². The third kappa shape index (κ3) is 2.20. The Balaban J connectivity index is 1.52. The van der Waals surface area contributed by atoms with Gasteiger partial charge in [-0.25, -0.2) is 0 Å². The van der Waals surface area contributed by atoms with Crippen molar-refractivity contribution in [3.63, 3.8) is 0 Å². The molecule has 3 rings (SSSR count). The largest absolute Gasteiger partial charge is 0.311 e. The van der Waals surface area contributed by atoms with Gasteiger partial charge in [0.05, 0.1) is 0 Å². The summed E-state index contributed by atoms with van der Waals surface area (Å²) in [7, 11) is 0. The molecule has 0 spiro atoms. The fraction of sp³-hybridized carbons (Fsp3) is 0.867. The highest BCUT2D eigenvalue weighted by Crippen LogP contribution is 2.45. The number of nitrogens with one attached hydrogen (secondary N) is 1. The standard InChI is InChI=1S/C15H25N/c1-2-3-4-14(12-7-8-12)16-15-10-11-5-6-13(15)9-11/h2,11-16H,1,3-10H2. The van der Waals surface area contributed by atoms with Crippen LogP contribution in [0, 0.1) is 17.8 Å². The van der Waals surface area contributed by atoms with Gasteiger partial charge in [-0.1, -0.05) is 12.5 Å². The first-order valence-electron chi connectivity index (χ1n) is 7.23. The van der Waals surface area contributed by atoms with Gasteiger partial charge in [0, 0.05) is 12.1 Å². The van der Waals surface area contributed by atoms with Crippen LogP contribution < -0.4 is 5.32 Å². The zero-order chi connectivity index (χ0) is 11.0. The lowest BCUT2D eigenvalue weighted by molar-refractivity contribution is 0.295. The van der Waals surface area contributed by atoms with Crippen LogP contribution in [0.1, 0.15) is 51.4 Å². The Morgan fingerprint density at radius 2 is 2.06 bits per heavy atom. The van der Waals surface area contributed by atoms with Gasteiger partial charge in [0.25, 0.3) is 0 Å². The molecule has 0 radical (unpaired) electrons. The molecular formula is C15H25N. The number of allylic oxidation sites excluding steroid dienone is 1. The minimum Gasteiger partial charge on any atom is -0.311 e. The summed E-state index contributed by atoms with van der Waals surface area (Å²) < 4.78 is 0. The van der Waals surface area contributed by atoms with Crippen LogP contribution in [0.4, 0.5) is 0 Å². The van der Waals surface area contributed by atoms with Gasteiger partial charge in [-0.15, -0.1) is 6.58 Å². The van der Waals surface area contributed by atoms with Crippen molar-refractivity contribution in [2.75, 3.05) is 0 Å². The molecule has 0 aromatic carbocycles. The Morgan fingerprint density at radius 1 is 1.19 bits per heavy atom. The lowest BCUT2D eigenvalue weighted by atomic mass is 9.93. The van der Waals surface area contributed by atoms with Crippen molar-refractivity contribution in [1.82, 2.24) is 5.32 Å². The smallest absolute Gasteiger partial charge is 0.0101 e. The average Bonchev–Trinajstić information content (AvgIpc) is 2.94. The molecule has 1 nitrogen and oxygen atoms in total. The van der Waals surface area contributed by atoms with Gasteiger partial charge in [-0.3, -0.25) is 0 Å². The molecule has 3 aliphatic carbocycles. The Bertz CT molecular complexity index is 256. The van der Waals surface area contributed by atoms with Crippen LogP contribution in [0.25, 0.3) is 0 Å². The number of rotatable bonds is 6. The van der Waals surface area contributed by atoms with Crippen LogP contribution in [0.3, 0.4) is 0 Å². The monoisotopic (exact) mass is 219 g/mol. The Hall–Kier alpha value is -0.300. The minimum absolute atomic E-state index is 0.808. The van der Waals surface area contributed by atoms with Gasteiger partial charge in [0.15, 0.2) is 0 Å². The molecule has 0 aromatic rings. The van der Waals surface area contributed by atoms with Gasteiger partial charge in [-0.2, -0.15) is 0 Å². The Kier molecular flexibility index (Phi) is 3.06. The molecule has 4 atom stereocenters. The highest BCUT2D eigenvalue weighted by atomic mass is 15.0. The molecule has 0 heterocycles. The van der Waals surface area contributed by atoms with E-state index in [9.17, 15) is 0 Å². The van der Waals surface area contributed by atoms with E-state index in [0.29, 0.717) is 0 Å². The van der Waals surface area contributed by atoms with Crippen molar-refractivity contribution >= 4 is 0 Å². The molecule has 90 valence electrons. The van der Waals surface area contributed by atoms with Gasteiger partial charge in [0.2, 0.25) is 0 Å². The van der Waals surface area contributed by atoms with Crippen molar-refractivity contribution in [1.29, 1.82) is 0 Å². The maximum absolute atomic E-state index is 4.00. The maximum atomic E-state index is 4.00. The summed E-state index contributed by atoms with van der Waals surface area (Å²) in [6.07, 6.45) is 13.5. The second-order valence-corrected chi connectivity index (χ2v) is 6.26. The first-order chi connectivity index (χ1) is 7.86. The lowest BCUT2D eigenvalue weighted by Gasteiger charge is -2.28. The molecule has 0 amide bonds. The van der Waals surface area contributed by atoms with Crippen LogP contribution in [-0.4, -0.2) is 12.1 Å². The molecule has 2 bridgehead atoms. The van der Waals surface area contributed by atoms with E-state index in [1.807, 2.05) is 0 Å². The van der Waals surface area contributed by atoms with Gasteiger partial charge in [0.1, 0.15) is 0 Å². The average molecular weight is 219 g/mol. The van der Waals surface area contributed by atoms with E-state index in [1.165, 1.54) is 51.4 Å². The summed E-state index contributed by atoms with van der Waals surface area (Å²) in [5, 5.41) is 4.00. The van der Waals surface area contributed by atoms with Gasteiger partial charge in [-0.05, 0) is 62.7 Å². The molecule has 16 heavy (non-hydrogen) atoms. The summed E-state index contributed by atoms with van der Waals surface area (Å²) >= 11 is 0. The van der Waals surface area contributed by atoms with Crippen molar-refractivity contribution < 1.29 is 0 Å². The SMILES string of the molecule is C=CCCC(NC1CC2CCC1C2)C1CC1. The van der Waals surface area contributed by atoms with Crippen LogP contribution in [0.5, 0.6) is 0 Å². The van der Waals surface area contributed by atoms with Crippen molar-refractivity contribution in [3.05, 3.63) is 12.7 Å². The first-order valence-corrected chi connectivity index (χ1v) is 7.23. The molecule has 3 saturated carbocycles. The lowest BCUT2D eigenvalue weighted by Crippen LogP contribution is -2.42. The van der Waals surface area contributed by atoms with Crippen LogP contribution in [0.2, 0.25) is 0 Å². The maximum Gasteiger partial charge on any atom is 0.0101 e. The van der Waals surface area contributed by atoms with E-state index in [1.54, 1.807) is 0 Å². The predicted molar refractivity (Wildman–Crippen MR) is 68.3 cm³/mol. The molecule has 3 fully saturated rings. The molecule has 1 heteroatoms. The molecule has 0 aliphatic heterocycles. The van der Waals surface area contributed by atoms with Gasteiger partial charge >= 0.3 is 0 Å². The van der Waals surface area contributed by atoms with Crippen LogP contribution >= 0.6 is 0 Å². The number of fused-ring (bicyclic) bond motifs is 2. The molecule has 0 saturated heterocycles. The Morgan fingerprint density at radius 3 is 2.62 bits per heavy atom. The predicted octanol–water partition coefficient (Wildman–Crippen LogP) is 3.51. The molecule has 3 aliphatic rings. The van der Waals surface area contributed by atoms with Crippen molar-refractivity contribution in [3.8, 4) is 0 Å². The summed E-state index contributed by atoms with van der Waals surface area (Å²) in [6.45, 7) is 3.85. The minimum atomic E-state index is 0.808. The normalized spacial score (nSPS) is 38.9. The number of hydrogen-bond acceptors (Lipinski definition) is 1. The van der Waals surface area contributed by atoms with Crippen molar-refractivity contribution in [2.45, 2.75) is 63.5 Å². The fourth-order valence-electron chi connectivity index (χ4n) is 3.97. The molecule has 1 N–H and O–H groups in total. The highest BCUT2D eigenvalue weighted by Gasteiger charge is 2.41. The van der Waals surface area contributed by atoms with E-state index in [4.69, 9.17) is 0 Å². The second kappa shape index (κ2) is 4.52. The Labute approximate surface area is 99.7 Å². The van der Waals surface area contributed by atoms with E-state index in [2.05, 4.69) is 18.0 Å². The summed E-state index contributed by atoms with van der Waals surface area (Å²) in [6, 6.07) is 1.68. The third-order valence-electron chi connectivity index (χ3n) is 5.04. The number of hydrogen-bond donors (Lipinski definition) is 1. The van der Waals surface area contributed by atoms with E-state index in [0.717, 1.165) is 29.8 Å². The molecule has 0 aromatic heterocycles. The first kappa shape index (κ1) is 10.8.